The number of hydrogen-bond acceptors (Lipinski definition) is 4. The largest absolute Gasteiger partial charge is 0.490 e. The van der Waals surface area contributed by atoms with Crippen molar-refractivity contribution in [3.8, 4) is 5.75 Å². The summed E-state index contributed by atoms with van der Waals surface area (Å²) in [7, 11) is 0. The number of benzene rings is 1. The predicted octanol–water partition coefficient (Wildman–Crippen LogP) is 0.0164. The molecule has 1 atom stereocenters. The SMILES string of the molecule is NCc1cc(F)ccc1OCC(O)CO. The number of rotatable bonds is 5. The highest BCUT2D eigenvalue weighted by Crippen LogP contribution is 2.19. The van der Waals surface area contributed by atoms with E-state index in [1.54, 1.807) is 0 Å². The number of ether oxygens (including phenoxy) is 1. The number of aliphatic hydroxyl groups is 2. The Morgan fingerprint density at radius 2 is 2.20 bits per heavy atom. The molecule has 1 unspecified atom stereocenters. The van der Waals surface area contributed by atoms with E-state index < -0.39 is 6.10 Å². The summed E-state index contributed by atoms with van der Waals surface area (Å²) in [6, 6.07) is 3.97. The second-order valence-corrected chi connectivity index (χ2v) is 3.10. The quantitative estimate of drug-likeness (QED) is 0.647. The van der Waals surface area contributed by atoms with Gasteiger partial charge in [0.05, 0.1) is 6.61 Å². The predicted molar refractivity (Wildman–Crippen MR) is 52.9 cm³/mol. The summed E-state index contributed by atoms with van der Waals surface area (Å²) in [5.41, 5.74) is 5.93. The molecule has 0 aliphatic carbocycles. The van der Waals surface area contributed by atoms with E-state index in [2.05, 4.69) is 0 Å². The molecule has 4 N–H and O–H groups in total. The van der Waals surface area contributed by atoms with Crippen molar-refractivity contribution in [1.82, 2.24) is 0 Å². The van der Waals surface area contributed by atoms with E-state index in [9.17, 15) is 4.39 Å². The number of nitrogens with two attached hydrogens (primary N) is 1. The molecule has 1 rings (SSSR count). The van der Waals surface area contributed by atoms with E-state index in [1.807, 2.05) is 0 Å². The van der Waals surface area contributed by atoms with Crippen LogP contribution in [-0.2, 0) is 6.54 Å². The molecule has 0 radical (unpaired) electrons. The zero-order valence-corrected chi connectivity index (χ0v) is 8.19. The molecule has 0 aliphatic rings. The Labute approximate surface area is 87.1 Å². The van der Waals surface area contributed by atoms with Crippen LogP contribution in [0.3, 0.4) is 0 Å². The lowest BCUT2D eigenvalue weighted by molar-refractivity contribution is 0.0533. The molecule has 1 aromatic rings. The van der Waals surface area contributed by atoms with E-state index in [4.69, 9.17) is 20.7 Å². The van der Waals surface area contributed by atoms with Gasteiger partial charge in [-0.25, -0.2) is 4.39 Å². The first kappa shape index (κ1) is 11.9. The van der Waals surface area contributed by atoms with E-state index >= 15 is 0 Å². The Hall–Kier alpha value is -1.17. The van der Waals surface area contributed by atoms with Gasteiger partial charge in [-0.15, -0.1) is 0 Å². The second kappa shape index (κ2) is 5.65. The normalized spacial score (nSPS) is 12.5. The molecule has 0 amide bonds. The number of aliphatic hydroxyl groups excluding tert-OH is 2. The van der Waals surface area contributed by atoms with E-state index in [1.165, 1.54) is 18.2 Å². The summed E-state index contributed by atoms with van der Waals surface area (Å²) in [4.78, 5) is 0. The van der Waals surface area contributed by atoms with Crippen molar-refractivity contribution in [3.63, 3.8) is 0 Å². The molecule has 4 nitrogen and oxygen atoms in total. The maximum Gasteiger partial charge on any atom is 0.124 e. The van der Waals surface area contributed by atoms with Crippen molar-refractivity contribution < 1.29 is 19.3 Å². The van der Waals surface area contributed by atoms with Gasteiger partial charge in [-0.2, -0.15) is 0 Å². The van der Waals surface area contributed by atoms with Crippen LogP contribution in [0.4, 0.5) is 4.39 Å². The minimum Gasteiger partial charge on any atom is -0.490 e. The van der Waals surface area contributed by atoms with Crippen molar-refractivity contribution in [2.24, 2.45) is 5.73 Å². The third kappa shape index (κ3) is 3.47. The Balaban J connectivity index is 2.67. The van der Waals surface area contributed by atoms with E-state index in [-0.39, 0.29) is 25.6 Å². The third-order valence-corrected chi connectivity index (χ3v) is 1.88. The first-order chi connectivity index (χ1) is 7.17. The fourth-order valence-electron chi connectivity index (χ4n) is 1.09. The van der Waals surface area contributed by atoms with E-state index in [0.717, 1.165) is 0 Å². The standard InChI is InChI=1S/C10H14FNO3/c11-8-1-2-10(7(3-8)4-12)15-6-9(14)5-13/h1-3,9,13-14H,4-6,12H2. The highest BCUT2D eigenvalue weighted by molar-refractivity contribution is 5.33. The molecule has 5 heteroatoms. The minimum atomic E-state index is -0.944. The average Bonchev–Trinajstić information content (AvgIpc) is 2.26. The van der Waals surface area contributed by atoms with Crippen molar-refractivity contribution in [2.45, 2.75) is 12.6 Å². The highest BCUT2D eigenvalue weighted by atomic mass is 19.1. The van der Waals surface area contributed by atoms with Crippen molar-refractivity contribution in [1.29, 1.82) is 0 Å². The van der Waals surface area contributed by atoms with Crippen LogP contribution in [-0.4, -0.2) is 29.5 Å². The minimum absolute atomic E-state index is 0.0465. The fraction of sp³-hybridized carbons (Fsp3) is 0.400. The van der Waals surface area contributed by atoms with Gasteiger partial charge in [-0.1, -0.05) is 0 Å². The van der Waals surface area contributed by atoms with Gasteiger partial charge in [0.1, 0.15) is 24.3 Å². The maximum atomic E-state index is 12.8. The molecule has 84 valence electrons. The molecule has 0 fully saturated rings. The van der Waals surface area contributed by atoms with E-state index in [0.29, 0.717) is 11.3 Å². The molecular weight excluding hydrogens is 201 g/mol. The van der Waals surface area contributed by atoms with Crippen LogP contribution in [0, 0.1) is 5.82 Å². The topological polar surface area (TPSA) is 75.7 Å². The van der Waals surface area contributed by atoms with Crippen LogP contribution in [0.15, 0.2) is 18.2 Å². The molecule has 0 spiro atoms. The van der Waals surface area contributed by atoms with Gasteiger partial charge in [-0.3, -0.25) is 0 Å². The van der Waals surface area contributed by atoms with Crippen molar-refractivity contribution in [2.75, 3.05) is 13.2 Å². The summed E-state index contributed by atoms with van der Waals surface area (Å²) in [5.74, 6) is 0.0388. The first-order valence-electron chi connectivity index (χ1n) is 4.57. The fourth-order valence-corrected chi connectivity index (χ4v) is 1.09. The lowest BCUT2D eigenvalue weighted by atomic mass is 10.2. The van der Waals surface area contributed by atoms with Crippen LogP contribution in [0.2, 0.25) is 0 Å². The van der Waals surface area contributed by atoms with Gasteiger partial charge < -0.3 is 20.7 Å². The van der Waals surface area contributed by atoms with Gasteiger partial charge in [0.2, 0.25) is 0 Å². The van der Waals surface area contributed by atoms with Crippen LogP contribution < -0.4 is 10.5 Å². The molecule has 0 heterocycles. The maximum absolute atomic E-state index is 12.8. The van der Waals surface area contributed by atoms with Crippen molar-refractivity contribution in [3.05, 3.63) is 29.6 Å². The monoisotopic (exact) mass is 215 g/mol. The van der Waals surface area contributed by atoms with Crippen LogP contribution in [0.5, 0.6) is 5.75 Å². The molecule has 0 saturated heterocycles. The molecule has 0 saturated carbocycles. The smallest absolute Gasteiger partial charge is 0.124 e. The Morgan fingerprint density at radius 3 is 2.80 bits per heavy atom. The summed E-state index contributed by atoms with van der Waals surface area (Å²) in [6.07, 6.45) is -0.944. The molecule has 0 bridgehead atoms. The molecule has 0 aromatic heterocycles. The Morgan fingerprint density at radius 1 is 1.47 bits per heavy atom. The number of hydrogen-bond donors (Lipinski definition) is 3. The first-order valence-corrected chi connectivity index (χ1v) is 4.57. The zero-order chi connectivity index (χ0) is 11.3. The lowest BCUT2D eigenvalue weighted by Gasteiger charge is -2.12. The van der Waals surface area contributed by atoms with Crippen molar-refractivity contribution >= 4 is 0 Å². The van der Waals surface area contributed by atoms with Gasteiger partial charge >= 0.3 is 0 Å². The summed E-state index contributed by atoms with van der Waals surface area (Å²) >= 11 is 0. The summed E-state index contributed by atoms with van der Waals surface area (Å²) in [6.45, 7) is -0.267. The summed E-state index contributed by atoms with van der Waals surface area (Å²) < 4.78 is 18.0. The summed E-state index contributed by atoms with van der Waals surface area (Å²) in [5, 5.41) is 17.6. The molecule has 0 aliphatic heterocycles. The average molecular weight is 215 g/mol. The Bertz CT molecular complexity index is 320. The van der Waals surface area contributed by atoms with Gasteiger partial charge in [0, 0.05) is 12.1 Å². The molecule has 15 heavy (non-hydrogen) atoms. The molecule has 1 aromatic carbocycles. The number of halogens is 1. The molecular formula is C10H14FNO3. The lowest BCUT2D eigenvalue weighted by Crippen LogP contribution is -2.21. The van der Waals surface area contributed by atoms with Crippen LogP contribution in [0.25, 0.3) is 0 Å². The zero-order valence-electron chi connectivity index (χ0n) is 8.19. The highest BCUT2D eigenvalue weighted by Gasteiger charge is 2.07. The van der Waals surface area contributed by atoms with Gasteiger partial charge in [0.25, 0.3) is 0 Å². The van der Waals surface area contributed by atoms with Crippen LogP contribution in [0.1, 0.15) is 5.56 Å². The third-order valence-electron chi connectivity index (χ3n) is 1.88. The van der Waals surface area contributed by atoms with Gasteiger partial charge in [0.15, 0.2) is 0 Å². The Kier molecular flexibility index (Phi) is 4.48. The van der Waals surface area contributed by atoms with Crippen LogP contribution >= 0.6 is 0 Å². The second-order valence-electron chi connectivity index (χ2n) is 3.10. The van der Waals surface area contributed by atoms with Gasteiger partial charge in [-0.05, 0) is 18.2 Å².